The molecule has 1 saturated heterocycles. The maximum Gasteiger partial charge on any atom is 0.323 e. The molecule has 2 N–H and O–H groups in total. The molecule has 2 heterocycles. The third-order valence-corrected chi connectivity index (χ3v) is 5.26. The molecule has 27 heavy (non-hydrogen) atoms. The fourth-order valence-electron chi connectivity index (χ4n) is 3.49. The second-order valence-electron chi connectivity index (χ2n) is 7.16. The normalized spacial score (nSPS) is 15.1. The van der Waals surface area contributed by atoms with Crippen LogP contribution in [-0.2, 0) is 0 Å². The van der Waals surface area contributed by atoms with Gasteiger partial charge in [-0.3, -0.25) is 10.4 Å². The highest BCUT2D eigenvalue weighted by molar-refractivity contribution is 6.00. The lowest BCUT2D eigenvalue weighted by atomic mass is 10.00. The van der Waals surface area contributed by atoms with Crippen LogP contribution >= 0.6 is 0 Å². The van der Waals surface area contributed by atoms with Gasteiger partial charge in [0.05, 0.1) is 12.6 Å². The van der Waals surface area contributed by atoms with Gasteiger partial charge >= 0.3 is 6.03 Å². The molecule has 1 aliphatic rings. The number of H-pyrrole nitrogens is 1. The molecule has 3 aromatic rings. The lowest BCUT2D eigenvalue weighted by Gasteiger charge is -2.30. The number of carbonyl (C=O) groups is 1. The monoisotopic (exact) mass is 364 g/mol. The van der Waals surface area contributed by atoms with E-state index in [1.54, 1.807) is 7.11 Å². The average Bonchev–Trinajstić information content (AvgIpc) is 3.10. The van der Waals surface area contributed by atoms with Gasteiger partial charge in [-0.05, 0) is 54.2 Å². The fraction of sp³-hybridized carbons (Fsp3) is 0.333. The van der Waals surface area contributed by atoms with Crippen LogP contribution in [0.2, 0.25) is 0 Å². The molecule has 0 spiro atoms. The number of benzene rings is 2. The number of aromatic nitrogens is 2. The van der Waals surface area contributed by atoms with Crippen LogP contribution in [0.5, 0.6) is 5.75 Å². The van der Waals surface area contributed by atoms with Crippen molar-refractivity contribution in [1.82, 2.24) is 15.1 Å². The molecule has 0 atom stereocenters. The zero-order valence-corrected chi connectivity index (χ0v) is 15.7. The minimum absolute atomic E-state index is 0.0767. The van der Waals surface area contributed by atoms with E-state index >= 15 is 0 Å². The number of likely N-dealkylation sites (tertiary alicyclic amines) is 1. The number of hydrogen-bond donors (Lipinski definition) is 2. The molecular formula is C21H24N4O2. The number of carbonyl (C=O) groups excluding carboxylic acids is 1. The maximum absolute atomic E-state index is 12.5. The molecule has 0 radical (unpaired) electrons. The number of hydrogen-bond acceptors (Lipinski definition) is 3. The average molecular weight is 364 g/mol. The van der Waals surface area contributed by atoms with Crippen molar-refractivity contribution in [2.75, 3.05) is 25.5 Å². The molecule has 0 saturated carbocycles. The summed E-state index contributed by atoms with van der Waals surface area (Å²) in [6.07, 6.45) is 2.11. The topological polar surface area (TPSA) is 70.2 Å². The van der Waals surface area contributed by atoms with Crippen molar-refractivity contribution in [3.8, 4) is 16.9 Å². The largest absolute Gasteiger partial charge is 0.497 e. The molecule has 6 heteroatoms. The molecule has 0 bridgehead atoms. The maximum atomic E-state index is 12.5. The van der Waals surface area contributed by atoms with E-state index in [4.69, 9.17) is 4.74 Å². The molecule has 0 aliphatic carbocycles. The first kappa shape index (κ1) is 17.4. The SMILES string of the molecule is COc1cccc(-c2ccc3c(NC(=O)N4CCC(C)CC4)n[nH]c3c2)c1. The highest BCUT2D eigenvalue weighted by Gasteiger charge is 2.21. The quantitative estimate of drug-likeness (QED) is 0.719. The number of methoxy groups -OCH3 is 1. The highest BCUT2D eigenvalue weighted by Crippen LogP contribution is 2.29. The van der Waals surface area contributed by atoms with Gasteiger partial charge in [-0.25, -0.2) is 4.79 Å². The van der Waals surface area contributed by atoms with E-state index in [2.05, 4.69) is 22.4 Å². The first-order valence-corrected chi connectivity index (χ1v) is 9.32. The van der Waals surface area contributed by atoms with Crippen molar-refractivity contribution >= 4 is 22.8 Å². The van der Waals surface area contributed by atoms with Crippen LogP contribution in [0.3, 0.4) is 0 Å². The van der Waals surface area contributed by atoms with Gasteiger partial charge in [0.25, 0.3) is 0 Å². The third kappa shape index (κ3) is 3.60. The van der Waals surface area contributed by atoms with Gasteiger partial charge < -0.3 is 9.64 Å². The Kier molecular flexibility index (Phi) is 4.71. The molecule has 0 unspecified atom stereocenters. The molecule has 4 rings (SSSR count). The predicted molar refractivity (Wildman–Crippen MR) is 107 cm³/mol. The lowest BCUT2D eigenvalue weighted by Crippen LogP contribution is -2.40. The van der Waals surface area contributed by atoms with E-state index in [0.717, 1.165) is 53.7 Å². The van der Waals surface area contributed by atoms with Crippen LogP contribution in [0.1, 0.15) is 19.8 Å². The summed E-state index contributed by atoms with van der Waals surface area (Å²) >= 11 is 0. The first-order chi connectivity index (χ1) is 13.1. The van der Waals surface area contributed by atoms with Crippen LogP contribution < -0.4 is 10.1 Å². The fourth-order valence-corrected chi connectivity index (χ4v) is 3.49. The number of rotatable bonds is 3. The standard InChI is InChI=1S/C21H24N4O2/c1-14-8-10-25(11-9-14)21(26)22-20-18-7-6-16(13-19(18)23-24-20)15-4-3-5-17(12-15)27-2/h3-7,12-14H,8-11H2,1-2H3,(H2,22,23,24,26). The number of urea groups is 1. The Balaban J connectivity index is 1.54. The van der Waals surface area contributed by atoms with Crippen molar-refractivity contribution in [3.63, 3.8) is 0 Å². The van der Waals surface area contributed by atoms with E-state index in [9.17, 15) is 4.79 Å². The van der Waals surface area contributed by atoms with Crippen LogP contribution in [0, 0.1) is 5.92 Å². The number of ether oxygens (including phenoxy) is 1. The van der Waals surface area contributed by atoms with Crippen molar-refractivity contribution in [1.29, 1.82) is 0 Å². The molecule has 1 aromatic heterocycles. The van der Waals surface area contributed by atoms with E-state index in [0.29, 0.717) is 11.7 Å². The number of nitrogens with one attached hydrogen (secondary N) is 2. The number of anilines is 1. The molecule has 1 aliphatic heterocycles. The second-order valence-corrected chi connectivity index (χ2v) is 7.16. The van der Waals surface area contributed by atoms with Crippen molar-refractivity contribution in [3.05, 3.63) is 42.5 Å². The minimum atomic E-state index is -0.0767. The van der Waals surface area contributed by atoms with Gasteiger partial charge in [-0.2, -0.15) is 5.10 Å². The zero-order chi connectivity index (χ0) is 18.8. The summed E-state index contributed by atoms with van der Waals surface area (Å²) < 4.78 is 5.30. The van der Waals surface area contributed by atoms with Gasteiger partial charge in [0, 0.05) is 18.5 Å². The Morgan fingerprint density at radius 1 is 1.19 bits per heavy atom. The predicted octanol–water partition coefficient (Wildman–Crippen LogP) is 4.50. The summed E-state index contributed by atoms with van der Waals surface area (Å²) in [4.78, 5) is 14.4. The smallest absolute Gasteiger partial charge is 0.323 e. The van der Waals surface area contributed by atoms with E-state index in [1.807, 2.05) is 47.4 Å². The zero-order valence-electron chi connectivity index (χ0n) is 15.7. The lowest BCUT2D eigenvalue weighted by molar-refractivity contribution is 0.186. The molecule has 6 nitrogen and oxygen atoms in total. The highest BCUT2D eigenvalue weighted by atomic mass is 16.5. The summed E-state index contributed by atoms with van der Waals surface area (Å²) in [5, 5.41) is 11.2. The molecule has 2 aromatic carbocycles. The minimum Gasteiger partial charge on any atom is -0.497 e. The van der Waals surface area contributed by atoms with Crippen LogP contribution in [0.15, 0.2) is 42.5 Å². The summed E-state index contributed by atoms with van der Waals surface area (Å²) in [5.41, 5.74) is 3.02. The van der Waals surface area contributed by atoms with Crippen molar-refractivity contribution in [2.24, 2.45) is 5.92 Å². The summed E-state index contributed by atoms with van der Waals surface area (Å²) in [6, 6.07) is 13.9. The van der Waals surface area contributed by atoms with E-state index in [-0.39, 0.29) is 6.03 Å². The van der Waals surface area contributed by atoms with Crippen molar-refractivity contribution < 1.29 is 9.53 Å². The van der Waals surface area contributed by atoms with Crippen LogP contribution in [0.4, 0.5) is 10.6 Å². The van der Waals surface area contributed by atoms with Gasteiger partial charge in [0.2, 0.25) is 0 Å². The van der Waals surface area contributed by atoms with Crippen LogP contribution in [-0.4, -0.2) is 41.3 Å². The molecule has 140 valence electrons. The number of piperidine rings is 1. The Labute approximate surface area is 158 Å². The molecule has 1 fully saturated rings. The summed E-state index contributed by atoms with van der Waals surface area (Å²) in [7, 11) is 1.66. The summed E-state index contributed by atoms with van der Waals surface area (Å²) in [5.74, 6) is 2.09. The second kappa shape index (κ2) is 7.31. The van der Waals surface area contributed by atoms with E-state index in [1.165, 1.54) is 0 Å². The Morgan fingerprint density at radius 3 is 2.74 bits per heavy atom. The number of nitrogens with zero attached hydrogens (tertiary/aromatic N) is 2. The Morgan fingerprint density at radius 2 is 1.96 bits per heavy atom. The summed E-state index contributed by atoms with van der Waals surface area (Å²) in [6.45, 7) is 3.83. The Hall–Kier alpha value is -3.02. The third-order valence-electron chi connectivity index (χ3n) is 5.26. The van der Waals surface area contributed by atoms with Crippen LogP contribution in [0.25, 0.3) is 22.0 Å². The Bertz CT molecular complexity index is 958. The molecule has 2 amide bonds. The van der Waals surface area contributed by atoms with Gasteiger partial charge in [-0.1, -0.05) is 25.1 Å². The van der Waals surface area contributed by atoms with E-state index < -0.39 is 0 Å². The number of aromatic amines is 1. The van der Waals surface area contributed by atoms with Crippen molar-refractivity contribution in [2.45, 2.75) is 19.8 Å². The van der Waals surface area contributed by atoms with Gasteiger partial charge in [0.1, 0.15) is 5.75 Å². The van der Waals surface area contributed by atoms with Gasteiger partial charge in [0.15, 0.2) is 5.82 Å². The van der Waals surface area contributed by atoms with Gasteiger partial charge in [-0.15, -0.1) is 0 Å². The molecular weight excluding hydrogens is 340 g/mol. The first-order valence-electron chi connectivity index (χ1n) is 9.32. The number of fused-ring (bicyclic) bond motifs is 1. The number of amides is 2.